The minimum atomic E-state index is -0.685. The van der Waals surface area contributed by atoms with Gasteiger partial charge in [-0.2, -0.15) is 0 Å². The third kappa shape index (κ3) is 4.60. The van der Waals surface area contributed by atoms with E-state index in [1.807, 2.05) is 42.5 Å². The third-order valence-electron chi connectivity index (χ3n) is 6.12. The fraction of sp³-hybridized carbons (Fsp3) is 0.458. The Morgan fingerprint density at radius 3 is 2.50 bits per heavy atom. The molecule has 1 heterocycles. The molecule has 0 spiro atoms. The molecule has 2 aromatic rings. The molecule has 2 N–H and O–H groups in total. The van der Waals surface area contributed by atoms with Gasteiger partial charge in [-0.3, -0.25) is 9.69 Å². The van der Waals surface area contributed by atoms with Crippen LogP contribution in [0.15, 0.2) is 54.6 Å². The van der Waals surface area contributed by atoms with Crippen molar-refractivity contribution < 1.29 is 19.4 Å². The molecule has 1 aliphatic carbocycles. The van der Waals surface area contributed by atoms with Crippen LogP contribution < -0.4 is 14.8 Å². The highest BCUT2D eigenvalue weighted by molar-refractivity contribution is 5.94. The zero-order valence-corrected chi connectivity index (χ0v) is 17.4. The Morgan fingerprint density at radius 1 is 1.03 bits per heavy atom. The molecule has 2 aliphatic rings. The van der Waals surface area contributed by atoms with Crippen LogP contribution in [0.25, 0.3) is 0 Å². The number of carbonyl (C=O) groups excluding carboxylic acids is 1. The van der Waals surface area contributed by atoms with Gasteiger partial charge in [0.05, 0.1) is 19.2 Å². The van der Waals surface area contributed by atoms with Gasteiger partial charge in [0.25, 0.3) is 5.91 Å². The van der Waals surface area contributed by atoms with Crippen LogP contribution in [0.2, 0.25) is 0 Å². The van der Waals surface area contributed by atoms with Gasteiger partial charge in [-0.05, 0) is 50.2 Å². The molecule has 0 bridgehead atoms. The predicted molar refractivity (Wildman–Crippen MR) is 115 cm³/mol. The van der Waals surface area contributed by atoms with Crippen molar-refractivity contribution in [1.82, 2.24) is 10.2 Å². The number of benzene rings is 2. The second kappa shape index (κ2) is 9.49. The molecule has 1 amide bonds. The van der Waals surface area contributed by atoms with Crippen molar-refractivity contribution >= 4 is 5.91 Å². The second-order valence-corrected chi connectivity index (χ2v) is 8.09. The van der Waals surface area contributed by atoms with Crippen molar-refractivity contribution in [3.05, 3.63) is 60.2 Å². The Labute approximate surface area is 177 Å². The van der Waals surface area contributed by atoms with Crippen LogP contribution in [0.4, 0.5) is 0 Å². The Bertz CT molecular complexity index is 838. The predicted octanol–water partition coefficient (Wildman–Crippen LogP) is 2.86. The lowest BCUT2D eigenvalue weighted by Crippen LogP contribution is -2.54. The topological polar surface area (TPSA) is 71.0 Å². The lowest BCUT2D eigenvalue weighted by atomic mass is 10.0. The van der Waals surface area contributed by atoms with E-state index in [0.717, 1.165) is 25.9 Å². The Hall–Kier alpha value is -2.57. The molecule has 0 radical (unpaired) electrons. The molecule has 30 heavy (non-hydrogen) atoms. The average Bonchev–Trinajstić information content (AvgIpc) is 3.09. The van der Waals surface area contributed by atoms with E-state index in [0.29, 0.717) is 23.5 Å². The number of piperidine rings is 1. The Kier molecular flexibility index (Phi) is 6.55. The summed E-state index contributed by atoms with van der Waals surface area (Å²) in [4.78, 5) is 15.1. The fourth-order valence-electron chi connectivity index (χ4n) is 4.63. The van der Waals surface area contributed by atoms with Crippen LogP contribution in [0.5, 0.6) is 11.5 Å². The highest BCUT2D eigenvalue weighted by atomic mass is 16.5. The second-order valence-electron chi connectivity index (χ2n) is 8.09. The molecule has 1 aliphatic heterocycles. The number of nitrogens with one attached hydrogen (secondary N) is 1. The number of hydrogen-bond donors (Lipinski definition) is 2. The number of hydrogen-bond acceptors (Lipinski definition) is 5. The first-order chi connectivity index (χ1) is 14.7. The van der Waals surface area contributed by atoms with Gasteiger partial charge in [0.1, 0.15) is 23.7 Å². The molecule has 2 aromatic carbocycles. The number of amides is 1. The van der Waals surface area contributed by atoms with Crippen LogP contribution in [0, 0.1) is 0 Å². The summed E-state index contributed by atoms with van der Waals surface area (Å²) < 4.78 is 11.4. The quantitative estimate of drug-likeness (QED) is 0.766. The molecular weight excluding hydrogens is 380 g/mol. The summed E-state index contributed by atoms with van der Waals surface area (Å²) in [5, 5.41) is 14.4. The van der Waals surface area contributed by atoms with E-state index in [9.17, 15) is 9.90 Å². The van der Waals surface area contributed by atoms with Gasteiger partial charge in [0.15, 0.2) is 0 Å². The van der Waals surface area contributed by atoms with Crippen molar-refractivity contribution in [3.63, 3.8) is 0 Å². The minimum absolute atomic E-state index is 0.114. The minimum Gasteiger partial charge on any atom is -0.497 e. The van der Waals surface area contributed by atoms with Crippen LogP contribution in [0.3, 0.4) is 0 Å². The monoisotopic (exact) mass is 410 g/mol. The van der Waals surface area contributed by atoms with Gasteiger partial charge < -0.3 is 19.9 Å². The SMILES string of the molecule is COc1cccc(O[C@@H]2C[C@@H](NC(=O)c3ccccc3)[C@H](N3CCCCC3)[C@H]2O)c1. The van der Waals surface area contributed by atoms with Gasteiger partial charge in [-0.1, -0.05) is 30.7 Å². The number of carbonyl (C=O) groups is 1. The number of aliphatic hydroxyl groups is 1. The van der Waals surface area contributed by atoms with Gasteiger partial charge >= 0.3 is 0 Å². The highest BCUT2D eigenvalue weighted by Gasteiger charge is 2.47. The summed E-state index contributed by atoms with van der Waals surface area (Å²) in [5.41, 5.74) is 0.626. The molecule has 1 saturated carbocycles. The normalized spacial score (nSPS) is 26.9. The number of likely N-dealkylation sites (tertiary alicyclic amines) is 1. The van der Waals surface area contributed by atoms with E-state index < -0.39 is 12.2 Å². The van der Waals surface area contributed by atoms with Gasteiger partial charge in [-0.15, -0.1) is 0 Å². The summed E-state index contributed by atoms with van der Waals surface area (Å²) in [5.74, 6) is 1.25. The molecule has 4 atom stereocenters. The summed E-state index contributed by atoms with van der Waals surface area (Å²) in [6.07, 6.45) is 2.91. The Balaban J connectivity index is 1.52. The first kappa shape index (κ1) is 20.7. The maximum absolute atomic E-state index is 12.8. The summed E-state index contributed by atoms with van der Waals surface area (Å²) in [7, 11) is 1.62. The van der Waals surface area contributed by atoms with Crippen molar-refractivity contribution in [3.8, 4) is 11.5 Å². The molecule has 4 rings (SSSR count). The molecule has 6 heteroatoms. The summed E-state index contributed by atoms with van der Waals surface area (Å²) in [6, 6.07) is 16.3. The molecule has 1 saturated heterocycles. The molecule has 6 nitrogen and oxygen atoms in total. The molecule has 0 unspecified atom stereocenters. The molecule has 2 fully saturated rings. The first-order valence-corrected chi connectivity index (χ1v) is 10.7. The smallest absolute Gasteiger partial charge is 0.251 e. The number of nitrogens with zero attached hydrogens (tertiary/aromatic N) is 1. The van der Waals surface area contributed by atoms with Gasteiger partial charge in [0.2, 0.25) is 0 Å². The van der Waals surface area contributed by atoms with Gasteiger partial charge in [-0.25, -0.2) is 0 Å². The fourth-order valence-corrected chi connectivity index (χ4v) is 4.63. The number of ether oxygens (including phenoxy) is 2. The van der Waals surface area contributed by atoms with Crippen LogP contribution in [-0.4, -0.2) is 60.4 Å². The van der Waals surface area contributed by atoms with Crippen molar-refractivity contribution in [2.24, 2.45) is 0 Å². The lowest BCUT2D eigenvalue weighted by molar-refractivity contribution is 0.00141. The number of rotatable bonds is 6. The summed E-state index contributed by atoms with van der Waals surface area (Å²) >= 11 is 0. The van der Waals surface area contributed by atoms with Crippen molar-refractivity contribution in [2.75, 3.05) is 20.2 Å². The zero-order valence-electron chi connectivity index (χ0n) is 17.4. The van der Waals surface area contributed by atoms with Crippen LogP contribution >= 0.6 is 0 Å². The Morgan fingerprint density at radius 2 is 1.77 bits per heavy atom. The van der Waals surface area contributed by atoms with Crippen molar-refractivity contribution in [1.29, 1.82) is 0 Å². The average molecular weight is 411 g/mol. The van der Waals surface area contributed by atoms with Crippen LogP contribution in [-0.2, 0) is 0 Å². The highest BCUT2D eigenvalue weighted by Crippen LogP contribution is 2.32. The third-order valence-corrected chi connectivity index (χ3v) is 6.12. The molecule has 160 valence electrons. The first-order valence-electron chi connectivity index (χ1n) is 10.7. The van der Waals surface area contributed by atoms with Gasteiger partial charge in [0, 0.05) is 18.1 Å². The van der Waals surface area contributed by atoms with Crippen LogP contribution in [0.1, 0.15) is 36.0 Å². The largest absolute Gasteiger partial charge is 0.497 e. The number of methoxy groups -OCH3 is 1. The molecular formula is C24H30N2O4. The van der Waals surface area contributed by atoms with E-state index in [1.165, 1.54) is 6.42 Å². The lowest BCUT2D eigenvalue weighted by Gasteiger charge is -2.37. The summed E-state index contributed by atoms with van der Waals surface area (Å²) in [6.45, 7) is 1.87. The standard InChI is InChI=1S/C24H30N2O4/c1-29-18-11-8-12-19(15-18)30-21-16-20(25-24(28)17-9-4-2-5-10-17)22(23(21)27)26-13-6-3-7-14-26/h2,4-5,8-12,15,20-23,27H,3,6-7,13-14,16H2,1H3,(H,25,28)/t20-,21-,22+,23+/m1/s1. The van der Waals surface area contributed by atoms with E-state index in [-0.39, 0.29) is 18.0 Å². The maximum atomic E-state index is 12.8. The van der Waals surface area contributed by atoms with Crippen molar-refractivity contribution in [2.45, 2.75) is 50.0 Å². The van der Waals surface area contributed by atoms with E-state index in [2.05, 4.69) is 10.2 Å². The zero-order chi connectivity index (χ0) is 20.9. The van der Waals surface area contributed by atoms with E-state index >= 15 is 0 Å². The molecule has 0 aromatic heterocycles. The maximum Gasteiger partial charge on any atom is 0.251 e. The van der Waals surface area contributed by atoms with E-state index in [1.54, 1.807) is 19.2 Å². The van der Waals surface area contributed by atoms with E-state index in [4.69, 9.17) is 9.47 Å². The number of aliphatic hydroxyl groups excluding tert-OH is 1.